The van der Waals surface area contributed by atoms with Crippen LogP contribution < -0.4 is 0 Å². The van der Waals surface area contributed by atoms with Crippen molar-refractivity contribution < 1.29 is 0 Å². The summed E-state index contributed by atoms with van der Waals surface area (Å²) in [5.41, 5.74) is 6.21. The number of hydrogen-bond acceptors (Lipinski definition) is 1. The summed E-state index contributed by atoms with van der Waals surface area (Å²) in [6.07, 6.45) is 3.90. The van der Waals surface area contributed by atoms with Gasteiger partial charge in [0.1, 0.15) is 5.82 Å². The zero-order valence-electron chi connectivity index (χ0n) is 15.7. The molecule has 0 saturated carbocycles. The van der Waals surface area contributed by atoms with E-state index in [0.717, 1.165) is 17.3 Å². The van der Waals surface area contributed by atoms with Gasteiger partial charge < -0.3 is 0 Å². The SMILES string of the molecule is CC(C)C.Cc1cc(C)c(-n2ccnc2-c2ccccc2)c(C)c1. The average Bonchev–Trinajstić information content (AvgIpc) is 2.95. The minimum absolute atomic E-state index is 0.833. The Balaban J connectivity index is 0.000000471. The van der Waals surface area contributed by atoms with Gasteiger partial charge in [0.25, 0.3) is 0 Å². The van der Waals surface area contributed by atoms with E-state index >= 15 is 0 Å². The van der Waals surface area contributed by atoms with Crippen LogP contribution in [0.4, 0.5) is 0 Å². The molecule has 2 nitrogen and oxygen atoms in total. The number of imidazole rings is 1. The molecule has 0 unspecified atom stereocenters. The molecule has 0 fully saturated rings. The van der Waals surface area contributed by atoms with Crippen LogP contribution in [0.2, 0.25) is 0 Å². The Labute approximate surface area is 146 Å². The minimum atomic E-state index is 0.833. The topological polar surface area (TPSA) is 17.8 Å². The van der Waals surface area contributed by atoms with Crippen LogP contribution >= 0.6 is 0 Å². The molecule has 1 aromatic heterocycles. The van der Waals surface area contributed by atoms with Crippen molar-refractivity contribution in [3.63, 3.8) is 0 Å². The minimum Gasteiger partial charge on any atom is -0.299 e. The third kappa shape index (κ3) is 4.35. The molecule has 3 rings (SSSR count). The van der Waals surface area contributed by atoms with E-state index in [9.17, 15) is 0 Å². The summed E-state index contributed by atoms with van der Waals surface area (Å²) in [5.74, 6) is 1.82. The number of aryl methyl sites for hydroxylation is 3. The van der Waals surface area contributed by atoms with Gasteiger partial charge in [0.05, 0.1) is 5.69 Å². The second-order valence-corrected chi connectivity index (χ2v) is 6.97. The Morgan fingerprint density at radius 2 is 1.42 bits per heavy atom. The van der Waals surface area contributed by atoms with Crippen molar-refractivity contribution in [3.05, 3.63) is 71.5 Å². The van der Waals surface area contributed by atoms with Crippen LogP contribution in [-0.4, -0.2) is 9.55 Å². The Kier molecular flexibility index (Phi) is 5.97. The Bertz CT molecular complexity index is 757. The second-order valence-electron chi connectivity index (χ2n) is 6.97. The van der Waals surface area contributed by atoms with E-state index in [4.69, 9.17) is 0 Å². The zero-order chi connectivity index (χ0) is 17.7. The molecule has 3 aromatic rings. The molecule has 126 valence electrons. The number of rotatable bonds is 2. The molecule has 2 aromatic carbocycles. The van der Waals surface area contributed by atoms with Crippen molar-refractivity contribution in [1.82, 2.24) is 9.55 Å². The van der Waals surface area contributed by atoms with Crippen molar-refractivity contribution in [1.29, 1.82) is 0 Å². The maximum Gasteiger partial charge on any atom is 0.144 e. The first-order valence-corrected chi connectivity index (χ1v) is 8.57. The van der Waals surface area contributed by atoms with Crippen LogP contribution in [0, 0.1) is 26.7 Å². The van der Waals surface area contributed by atoms with Crippen LogP contribution in [0.3, 0.4) is 0 Å². The summed E-state index contributed by atoms with van der Waals surface area (Å²) in [6, 6.07) is 14.7. The normalized spacial score (nSPS) is 10.5. The maximum atomic E-state index is 4.53. The standard InChI is InChI=1S/C18H18N2.C4H10/c1-13-11-14(2)17(15(3)12-13)20-10-9-19-18(20)16-7-5-4-6-8-16;1-4(2)3/h4-12H,1-3H3;4H,1-3H3. The van der Waals surface area contributed by atoms with Gasteiger partial charge >= 0.3 is 0 Å². The van der Waals surface area contributed by atoms with E-state index in [0.29, 0.717) is 0 Å². The Morgan fingerprint density at radius 3 is 1.96 bits per heavy atom. The van der Waals surface area contributed by atoms with Crippen LogP contribution in [0.25, 0.3) is 17.1 Å². The van der Waals surface area contributed by atoms with Crippen molar-refractivity contribution >= 4 is 0 Å². The van der Waals surface area contributed by atoms with E-state index < -0.39 is 0 Å². The molecule has 0 saturated heterocycles. The predicted molar refractivity (Wildman–Crippen MR) is 104 cm³/mol. The van der Waals surface area contributed by atoms with Gasteiger partial charge in [-0.1, -0.05) is 68.8 Å². The molecule has 1 heterocycles. The Hall–Kier alpha value is -2.35. The van der Waals surface area contributed by atoms with Crippen LogP contribution in [0.15, 0.2) is 54.9 Å². The highest BCUT2D eigenvalue weighted by molar-refractivity contribution is 5.61. The molecule has 0 radical (unpaired) electrons. The number of nitrogens with zero attached hydrogens (tertiary/aromatic N) is 2. The highest BCUT2D eigenvalue weighted by Crippen LogP contribution is 2.26. The molecular formula is C22H28N2. The van der Waals surface area contributed by atoms with E-state index in [1.165, 1.54) is 22.4 Å². The van der Waals surface area contributed by atoms with Crippen molar-refractivity contribution in [3.8, 4) is 17.1 Å². The summed E-state index contributed by atoms with van der Waals surface area (Å²) in [6.45, 7) is 12.9. The molecule has 0 bridgehead atoms. The van der Waals surface area contributed by atoms with Gasteiger partial charge in [-0.2, -0.15) is 0 Å². The summed E-state index contributed by atoms with van der Waals surface area (Å²) >= 11 is 0. The molecule has 0 aliphatic carbocycles. The summed E-state index contributed by atoms with van der Waals surface area (Å²) in [5, 5.41) is 0. The molecule has 0 spiro atoms. The molecule has 2 heteroatoms. The van der Waals surface area contributed by atoms with Crippen LogP contribution in [-0.2, 0) is 0 Å². The largest absolute Gasteiger partial charge is 0.299 e. The van der Waals surface area contributed by atoms with Crippen molar-refractivity contribution in [2.75, 3.05) is 0 Å². The lowest BCUT2D eigenvalue weighted by molar-refractivity contribution is 0.737. The number of aromatic nitrogens is 2. The number of benzene rings is 2. The number of hydrogen-bond donors (Lipinski definition) is 0. The lowest BCUT2D eigenvalue weighted by Gasteiger charge is -2.15. The van der Waals surface area contributed by atoms with E-state index in [-0.39, 0.29) is 0 Å². The lowest BCUT2D eigenvalue weighted by atomic mass is 10.0. The van der Waals surface area contributed by atoms with Gasteiger partial charge in [-0.15, -0.1) is 0 Å². The average molecular weight is 320 g/mol. The van der Waals surface area contributed by atoms with Gasteiger partial charge in [0.2, 0.25) is 0 Å². The van der Waals surface area contributed by atoms with Crippen LogP contribution in [0.1, 0.15) is 37.5 Å². The predicted octanol–water partition coefficient (Wildman–Crippen LogP) is 6.13. The maximum absolute atomic E-state index is 4.53. The second kappa shape index (κ2) is 7.96. The molecule has 0 aliphatic heterocycles. The fourth-order valence-corrected chi connectivity index (χ4v) is 2.84. The van der Waals surface area contributed by atoms with E-state index in [1.54, 1.807) is 0 Å². The van der Waals surface area contributed by atoms with Gasteiger partial charge in [-0.25, -0.2) is 4.98 Å². The fourth-order valence-electron chi connectivity index (χ4n) is 2.84. The summed E-state index contributed by atoms with van der Waals surface area (Å²) in [7, 11) is 0. The third-order valence-electron chi connectivity index (χ3n) is 3.55. The van der Waals surface area contributed by atoms with Crippen molar-refractivity contribution in [2.24, 2.45) is 5.92 Å². The Morgan fingerprint density at radius 1 is 0.875 bits per heavy atom. The molecule has 0 amide bonds. The summed E-state index contributed by atoms with van der Waals surface area (Å²) < 4.78 is 2.18. The van der Waals surface area contributed by atoms with Gasteiger partial charge in [0, 0.05) is 18.0 Å². The molecule has 0 N–H and O–H groups in total. The van der Waals surface area contributed by atoms with Crippen LogP contribution in [0.5, 0.6) is 0 Å². The smallest absolute Gasteiger partial charge is 0.144 e. The highest BCUT2D eigenvalue weighted by Gasteiger charge is 2.11. The van der Waals surface area contributed by atoms with Gasteiger partial charge in [-0.3, -0.25) is 4.57 Å². The fraction of sp³-hybridized carbons (Fsp3) is 0.318. The van der Waals surface area contributed by atoms with E-state index in [2.05, 4.69) is 75.4 Å². The van der Waals surface area contributed by atoms with Gasteiger partial charge in [-0.05, 0) is 37.8 Å². The third-order valence-corrected chi connectivity index (χ3v) is 3.55. The van der Waals surface area contributed by atoms with Gasteiger partial charge in [0.15, 0.2) is 0 Å². The highest BCUT2D eigenvalue weighted by atomic mass is 15.1. The molecule has 0 aliphatic rings. The zero-order valence-corrected chi connectivity index (χ0v) is 15.7. The molecule has 0 atom stereocenters. The first kappa shape index (κ1) is 18.0. The first-order valence-electron chi connectivity index (χ1n) is 8.57. The summed E-state index contributed by atoms with van der Waals surface area (Å²) in [4.78, 5) is 4.53. The lowest BCUT2D eigenvalue weighted by Crippen LogP contribution is -2.02. The monoisotopic (exact) mass is 320 g/mol. The quantitative estimate of drug-likeness (QED) is 0.555. The molecule has 24 heavy (non-hydrogen) atoms. The van der Waals surface area contributed by atoms with Crippen molar-refractivity contribution in [2.45, 2.75) is 41.5 Å². The van der Waals surface area contributed by atoms with E-state index in [1.807, 2.05) is 30.6 Å². The first-order chi connectivity index (χ1) is 11.4. The molecular weight excluding hydrogens is 292 g/mol.